The molecule has 1 atom stereocenters. The van der Waals surface area contributed by atoms with Crippen molar-refractivity contribution in [3.8, 4) is 5.75 Å². The number of nitrogens with one attached hydrogen (secondary N) is 1. The van der Waals surface area contributed by atoms with Crippen LogP contribution in [0.2, 0.25) is 5.02 Å². The molecule has 0 aliphatic carbocycles. The van der Waals surface area contributed by atoms with E-state index in [1.165, 1.54) is 11.1 Å². The average Bonchev–Trinajstić information content (AvgIpc) is 2.76. The number of amides is 1. The lowest BCUT2D eigenvalue weighted by molar-refractivity contribution is -0.121. The Labute approximate surface area is 182 Å². The van der Waals surface area contributed by atoms with Gasteiger partial charge >= 0.3 is 0 Å². The summed E-state index contributed by atoms with van der Waals surface area (Å²) in [4.78, 5) is 15.0. The average molecular weight is 421 g/mol. The van der Waals surface area contributed by atoms with E-state index in [9.17, 15) is 4.79 Å². The van der Waals surface area contributed by atoms with Gasteiger partial charge in [0.05, 0.1) is 18.2 Å². The molecule has 1 N–H and O–H groups in total. The van der Waals surface area contributed by atoms with Crippen molar-refractivity contribution < 1.29 is 9.53 Å². The third-order valence-electron chi connectivity index (χ3n) is 5.34. The molecule has 0 unspecified atom stereocenters. The molecule has 5 heteroatoms. The number of aryl methyl sites for hydroxylation is 1. The molecule has 1 amide bonds. The van der Waals surface area contributed by atoms with E-state index in [1.807, 2.05) is 42.5 Å². The van der Waals surface area contributed by atoms with Gasteiger partial charge in [-0.1, -0.05) is 65.7 Å². The Morgan fingerprint density at radius 3 is 2.50 bits per heavy atom. The maximum atomic E-state index is 12.7. The lowest BCUT2D eigenvalue weighted by Gasteiger charge is -2.38. The van der Waals surface area contributed by atoms with Crippen LogP contribution in [0, 0.1) is 6.92 Å². The van der Waals surface area contributed by atoms with Crippen LogP contribution in [0.15, 0.2) is 72.8 Å². The van der Waals surface area contributed by atoms with Gasteiger partial charge in [0.2, 0.25) is 5.91 Å². The SMILES string of the molecule is Cc1ccc(CN2c3ccccc3OC[C@H]2CC(=O)NCc2ccc(Cl)cc2)cc1. The van der Waals surface area contributed by atoms with Crippen LogP contribution in [0.5, 0.6) is 5.75 Å². The quantitative estimate of drug-likeness (QED) is 0.601. The van der Waals surface area contributed by atoms with Crippen molar-refractivity contribution in [2.45, 2.75) is 32.5 Å². The zero-order valence-electron chi connectivity index (χ0n) is 17.0. The molecule has 0 fully saturated rings. The van der Waals surface area contributed by atoms with Crippen molar-refractivity contribution >= 4 is 23.2 Å². The van der Waals surface area contributed by atoms with E-state index in [1.54, 1.807) is 0 Å². The number of anilines is 1. The third-order valence-corrected chi connectivity index (χ3v) is 5.60. The van der Waals surface area contributed by atoms with Gasteiger partial charge in [-0.25, -0.2) is 0 Å². The predicted octanol–water partition coefficient (Wildman–Crippen LogP) is 5.12. The summed E-state index contributed by atoms with van der Waals surface area (Å²) in [6.45, 7) is 3.78. The topological polar surface area (TPSA) is 41.6 Å². The van der Waals surface area contributed by atoms with Crippen molar-refractivity contribution in [2.75, 3.05) is 11.5 Å². The van der Waals surface area contributed by atoms with E-state index in [-0.39, 0.29) is 11.9 Å². The summed E-state index contributed by atoms with van der Waals surface area (Å²) in [5.41, 5.74) is 4.50. The molecular weight excluding hydrogens is 396 g/mol. The number of para-hydroxylation sites is 2. The van der Waals surface area contributed by atoms with Crippen LogP contribution < -0.4 is 15.0 Å². The van der Waals surface area contributed by atoms with Gasteiger partial charge in [-0.05, 0) is 42.3 Å². The number of hydrogen-bond donors (Lipinski definition) is 1. The van der Waals surface area contributed by atoms with Gasteiger partial charge in [0.25, 0.3) is 0 Å². The Kier molecular flexibility index (Phi) is 6.24. The maximum Gasteiger partial charge on any atom is 0.222 e. The highest BCUT2D eigenvalue weighted by Gasteiger charge is 2.29. The number of carbonyl (C=O) groups is 1. The molecule has 3 aromatic carbocycles. The molecule has 0 saturated carbocycles. The third kappa shape index (κ3) is 4.95. The highest BCUT2D eigenvalue weighted by molar-refractivity contribution is 6.30. The molecule has 0 saturated heterocycles. The summed E-state index contributed by atoms with van der Waals surface area (Å²) in [6.07, 6.45) is 0.369. The number of carbonyl (C=O) groups excluding carboxylic acids is 1. The first-order chi connectivity index (χ1) is 14.6. The van der Waals surface area contributed by atoms with Crippen molar-refractivity contribution in [1.82, 2.24) is 5.32 Å². The standard InChI is InChI=1S/C25H25ClN2O2/c1-18-6-8-20(9-7-18)16-28-22(17-30-24-5-3-2-4-23(24)28)14-25(29)27-15-19-10-12-21(26)13-11-19/h2-13,22H,14-17H2,1H3,(H,27,29)/t22-/m1/s1. The van der Waals surface area contributed by atoms with E-state index in [0.29, 0.717) is 24.6 Å². The summed E-state index contributed by atoms with van der Waals surface area (Å²) in [7, 11) is 0. The second-order valence-electron chi connectivity index (χ2n) is 7.65. The Morgan fingerprint density at radius 2 is 1.73 bits per heavy atom. The van der Waals surface area contributed by atoms with Crippen LogP contribution in [-0.2, 0) is 17.9 Å². The summed E-state index contributed by atoms with van der Waals surface area (Å²) in [6, 6.07) is 24.0. The van der Waals surface area contributed by atoms with Crippen LogP contribution in [0.25, 0.3) is 0 Å². The number of nitrogens with zero attached hydrogens (tertiary/aromatic N) is 1. The molecule has 1 aliphatic rings. The fraction of sp³-hybridized carbons (Fsp3) is 0.240. The molecule has 30 heavy (non-hydrogen) atoms. The molecule has 4 rings (SSSR count). The number of ether oxygens (including phenoxy) is 1. The first-order valence-corrected chi connectivity index (χ1v) is 10.5. The molecule has 0 bridgehead atoms. The normalized spacial score (nSPS) is 15.3. The largest absolute Gasteiger partial charge is 0.489 e. The molecule has 1 aliphatic heterocycles. The minimum atomic E-state index is -0.0357. The summed E-state index contributed by atoms with van der Waals surface area (Å²) in [5.74, 6) is 0.870. The molecule has 3 aromatic rings. The second-order valence-corrected chi connectivity index (χ2v) is 8.09. The minimum absolute atomic E-state index is 0.00633. The molecule has 4 nitrogen and oxygen atoms in total. The van der Waals surface area contributed by atoms with Crippen molar-refractivity contribution in [3.63, 3.8) is 0 Å². The monoisotopic (exact) mass is 420 g/mol. The summed E-state index contributed by atoms with van der Waals surface area (Å²) in [5, 5.41) is 3.71. The lowest BCUT2D eigenvalue weighted by Crippen LogP contribution is -2.45. The van der Waals surface area contributed by atoms with E-state index < -0.39 is 0 Å². The van der Waals surface area contributed by atoms with E-state index in [2.05, 4.69) is 47.5 Å². The Morgan fingerprint density at radius 1 is 1.03 bits per heavy atom. The molecule has 1 heterocycles. The maximum absolute atomic E-state index is 12.7. The lowest BCUT2D eigenvalue weighted by atomic mass is 10.1. The smallest absolute Gasteiger partial charge is 0.222 e. The minimum Gasteiger partial charge on any atom is -0.489 e. The van der Waals surface area contributed by atoms with Crippen LogP contribution in [-0.4, -0.2) is 18.6 Å². The van der Waals surface area contributed by atoms with Gasteiger partial charge < -0.3 is 15.0 Å². The zero-order chi connectivity index (χ0) is 20.9. The van der Waals surface area contributed by atoms with Crippen molar-refractivity contribution in [3.05, 3.63) is 94.5 Å². The fourth-order valence-corrected chi connectivity index (χ4v) is 3.78. The summed E-state index contributed by atoms with van der Waals surface area (Å²) >= 11 is 5.93. The second kappa shape index (κ2) is 9.23. The number of benzene rings is 3. The predicted molar refractivity (Wildman–Crippen MR) is 121 cm³/mol. The summed E-state index contributed by atoms with van der Waals surface area (Å²) < 4.78 is 5.96. The highest BCUT2D eigenvalue weighted by Crippen LogP contribution is 2.35. The molecular formula is C25H25ClN2O2. The number of fused-ring (bicyclic) bond motifs is 1. The molecule has 0 aromatic heterocycles. The van der Waals surface area contributed by atoms with E-state index in [4.69, 9.17) is 16.3 Å². The Hall–Kier alpha value is -2.98. The van der Waals surface area contributed by atoms with Crippen molar-refractivity contribution in [2.24, 2.45) is 0 Å². The number of halogens is 1. The molecule has 0 radical (unpaired) electrons. The highest BCUT2D eigenvalue weighted by atomic mass is 35.5. The first kappa shape index (κ1) is 20.3. The van der Waals surface area contributed by atoms with E-state index in [0.717, 1.165) is 23.5 Å². The molecule has 154 valence electrons. The van der Waals surface area contributed by atoms with Gasteiger partial charge in [0, 0.05) is 18.1 Å². The van der Waals surface area contributed by atoms with Gasteiger partial charge in [-0.3, -0.25) is 4.79 Å². The van der Waals surface area contributed by atoms with Gasteiger partial charge in [0.1, 0.15) is 12.4 Å². The Balaban J connectivity index is 1.46. The van der Waals surface area contributed by atoms with E-state index >= 15 is 0 Å². The van der Waals surface area contributed by atoms with Gasteiger partial charge in [-0.15, -0.1) is 0 Å². The Bertz CT molecular complexity index is 1000. The zero-order valence-corrected chi connectivity index (χ0v) is 17.7. The van der Waals surface area contributed by atoms with Gasteiger partial charge in [0.15, 0.2) is 0 Å². The molecule has 0 spiro atoms. The van der Waals surface area contributed by atoms with Crippen LogP contribution in [0.3, 0.4) is 0 Å². The number of hydrogen-bond acceptors (Lipinski definition) is 3. The number of rotatable bonds is 6. The first-order valence-electron chi connectivity index (χ1n) is 10.1. The fourth-order valence-electron chi connectivity index (χ4n) is 3.65. The van der Waals surface area contributed by atoms with Crippen LogP contribution in [0.4, 0.5) is 5.69 Å². The van der Waals surface area contributed by atoms with Crippen molar-refractivity contribution in [1.29, 1.82) is 0 Å². The van der Waals surface area contributed by atoms with Crippen LogP contribution >= 0.6 is 11.6 Å². The van der Waals surface area contributed by atoms with Crippen LogP contribution in [0.1, 0.15) is 23.1 Å². The van der Waals surface area contributed by atoms with Gasteiger partial charge in [-0.2, -0.15) is 0 Å².